The first-order valence-corrected chi connectivity index (χ1v) is 9.34. The molecule has 0 aliphatic carbocycles. The summed E-state index contributed by atoms with van der Waals surface area (Å²) in [4.78, 5) is 0. The maximum atomic E-state index is 13.6. The fourth-order valence-corrected chi connectivity index (χ4v) is 5.37. The average Bonchev–Trinajstić information content (AvgIpc) is 2.33. The monoisotopic (exact) mass is 322 g/mol. The van der Waals surface area contributed by atoms with E-state index in [1.165, 1.54) is 12.1 Å². The molecule has 0 radical (unpaired) electrons. The lowest BCUT2D eigenvalue weighted by molar-refractivity contribution is 0.555. The summed E-state index contributed by atoms with van der Waals surface area (Å²) >= 11 is 0. The van der Waals surface area contributed by atoms with Gasteiger partial charge in [-0.25, -0.2) is 21.2 Å². The lowest BCUT2D eigenvalue weighted by Crippen LogP contribution is -2.36. The van der Waals surface area contributed by atoms with Crippen LogP contribution in [0.3, 0.4) is 0 Å². The van der Waals surface area contributed by atoms with Gasteiger partial charge in [-0.15, -0.1) is 0 Å². The highest BCUT2D eigenvalue weighted by Gasteiger charge is 2.33. The maximum Gasteiger partial charge on any atom is 0.235 e. The molecule has 1 aromatic rings. The second-order valence-electron chi connectivity index (χ2n) is 4.70. The number of hydrogen-bond acceptors (Lipinski definition) is 5. The molecule has 0 atom stereocenters. The van der Waals surface area contributed by atoms with E-state index < -0.39 is 30.9 Å². The number of sulfonamides is 1. The number of anilines is 2. The molecule has 112 valence electrons. The Morgan fingerprint density at radius 1 is 1.25 bits per heavy atom. The van der Waals surface area contributed by atoms with Crippen LogP contribution in [0.1, 0.15) is 12.8 Å². The molecule has 1 fully saturated rings. The smallest absolute Gasteiger partial charge is 0.235 e. The van der Waals surface area contributed by atoms with Crippen molar-refractivity contribution in [1.82, 2.24) is 0 Å². The summed E-state index contributed by atoms with van der Waals surface area (Å²) in [7, 11) is -7.02. The van der Waals surface area contributed by atoms with Gasteiger partial charge in [0.1, 0.15) is 21.3 Å². The second-order valence-corrected chi connectivity index (χ2v) is 8.97. The zero-order valence-corrected chi connectivity index (χ0v) is 12.2. The predicted molar refractivity (Wildman–Crippen MR) is 75.0 cm³/mol. The average molecular weight is 322 g/mol. The fraction of sp³-hybridized carbons (Fsp3) is 0.455. The van der Waals surface area contributed by atoms with E-state index in [-0.39, 0.29) is 35.7 Å². The molecule has 0 saturated carbocycles. The van der Waals surface area contributed by atoms with Gasteiger partial charge in [0.25, 0.3) is 0 Å². The molecule has 1 saturated heterocycles. The van der Waals surface area contributed by atoms with Crippen LogP contribution in [0.4, 0.5) is 15.8 Å². The number of benzene rings is 1. The van der Waals surface area contributed by atoms with Crippen molar-refractivity contribution in [1.29, 1.82) is 0 Å². The van der Waals surface area contributed by atoms with Crippen molar-refractivity contribution in [2.24, 2.45) is 0 Å². The lowest BCUT2D eigenvalue weighted by atomic mass is 10.2. The summed E-state index contributed by atoms with van der Waals surface area (Å²) < 4.78 is 62.6. The van der Waals surface area contributed by atoms with Gasteiger partial charge in [-0.3, -0.25) is 4.72 Å². The van der Waals surface area contributed by atoms with Crippen molar-refractivity contribution in [3.05, 3.63) is 24.0 Å². The van der Waals surface area contributed by atoms with Gasteiger partial charge in [-0.2, -0.15) is 0 Å². The van der Waals surface area contributed by atoms with E-state index >= 15 is 0 Å². The highest BCUT2D eigenvalue weighted by molar-refractivity contribution is 7.94. The van der Waals surface area contributed by atoms with Gasteiger partial charge in [0, 0.05) is 0 Å². The van der Waals surface area contributed by atoms with Crippen LogP contribution in [-0.4, -0.2) is 33.6 Å². The predicted octanol–water partition coefficient (Wildman–Crippen LogP) is 0.727. The van der Waals surface area contributed by atoms with Crippen LogP contribution in [0, 0.1) is 5.82 Å². The van der Waals surface area contributed by atoms with Gasteiger partial charge in [0.05, 0.1) is 22.4 Å². The SMILES string of the molecule is Nc1cccc(F)c1NS(=O)(=O)C1CCS(=O)(=O)CC1. The summed E-state index contributed by atoms with van der Waals surface area (Å²) in [5, 5.41) is -0.856. The van der Waals surface area contributed by atoms with Gasteiger partial charge < -0.3 is 5.73 Å². The van der Waals surface area contributed by atoms with Crippen LogP contribution in [0.5, 0.6) is 0 Å². The standard InChI is InChI=1S/C11H15FN2O4S2/c12-9-2-1-3-10(13)11(9)14-20(17,18)8-4-6-19(15,16)7-5-8/h1-3,8,14H,4-7,13H2. The number of nitrogens with two attached hydrogens (primary N) is 1. The molecule has 1 heterocycles. The number of hydrogen-bond donors (Lipinski definition) is 2. The summed E-state index contributed by atoms with van der Waals surface area (Å²) in [6.07, 6.45) is 0.0120. The van der Waals surface area contributed by atoms with Crippen LogP contribution < -0.4 is 10.5 Å². The number of nitrogens with one attached hydrogen (secondary N) is 1. The second kappa shape index (κ2) is 5.21. The van der Waals surface area contributed by atoms with Gasteiger partial charge in [0.15, 0.2) is 0 Å². The molecule has 0 aromatic heterocycles. The number of rotatable bonds is 3. The summed E-state index contributed by atoms with van der Waals surface area (Å²) in [5.74, 6) is -1.12. The highest BCUT2D eigenvalue weighted by atomic mass is 32.2. The van der Waals surface area contributed by atoms with Gasteiger partial charge in [-0.1, -0.05) is 6.07 Å². The molecular weight excluding hydrogens is 307 g/mol. The van der Waals surface area contributed by atoms with Crippen LogP contribution in [0.15, 0.2) is 18.2 Å². The highest BCUT2D eigenvalue weighted by Crippen LogP contribution is 2.26. The summed E-state index contributed by atoms with van der Waals surface area (Å²) in [6.45, 7) is 0. The molecule has 6 nitrogen and oxygen atoms in total. The largest absolute Gasteiger partial charge is 0.397 e. The van der Waals surface area contributed by atoms with E-state index in [4.69, 9.17) is 5.73 Å². The third-order valence-corrected chi connectivity index (χ3v) is 6.78. The number of halogens is 1. The zero-order chi connectivity index (χ0) is 15.0. The van der Waals surface area contributed by atoms with E-state index in [1.54, 1.807) is 0 Å². The minimum Gasteiger partial charge on any atom is -0.397 e. The molecular formula is C11H15FN2O4S2. The quantitative estimate of drug-likeness (QED) is 0.798. The molecule has 2 rings (SSSR count). The maximum absolute atomic E-state index is 13.6. The molecule has 0 bridgehead atoms. The Bertz CT molecular complexity index is 682. The Hall–Kier alpha value is -1.35. The lowest BCUT2D eigenvalue weighted by Gasteiger charge is -2.23. The molecule has 0 spiro atoms. The first-order valence-electron chi connectivity index (χ1n) is 5.97. The molecule has 0 amide bonds. The molecule has 1 aliphatic heterocycles. The first kappa shape index (κ1) is 15.0. The van der Waals surface area contributed by atoms with E-state index in [0.717, 1.165) is 6.07 Å². The molecule has 20 heavy (non-hydrogen) atoms. The Morgan fingerprint density at radius 2 is 1.85 bits per heavy atom. The number of sulfone groups is 1. The Labute approximate surface area is 117 Å². The zero-order valence-electron chi connectivity index (χ0n) is 10.5. The molecule has 1 aliphatic rings. The molecule has 3 N–H and O–H groups in total. The van der Waals surface area contributed by atoms with Crippen molar-refractivity contribution in [3.63, 3.8) is 0 Å². The van der Waals surface area contributed by atoms with Crippen LogP contribution in [0.25, 0.3) is 0 Å². The Kier molecular flexibility index (Phi) is 3.92. The fourth-order valence-electron chi connectivity index (χ4n) is 2.05. The van der Waals surface area contributed by atoms with Gasteiger partial charge in [-0.05, 0) is 25.0 Å². The minimum atomic E-state index is -3.87. The van der Waals surface area contributed by atoms with E-state index in [9.17, 15) is 21.2 Å². The molecule has 9 heteroatoms. The summed E-state index contributed by atoms with van der Waals surface area (Å²) in [6, 6.07) is 3.85. The van der Waals surface area contributed by atoms with E-state index in [0.29, 0.717) is 0 Å². The first-order chi connectivity index (χ1) is 9.21. The molecule has 0 unspecified atom stereocenters. The van der Waals surface area contributed by atoms with Crippen molar-refractivity contribution in [2.45, 2.75) is 18.1 Å². The van der Waals surface area contributed by atoms with Crippen LogP contribution in [-0.2, 0) is 19.9 Å². The Morgan fingerprint density at radius 3 is 2.40 bits per heavy atom. The third kappa shape index (κ3) is 3.21. The van der Waals surface area contributed by atoms with Crippen molar-refractivity contribution in [2.75, 3.05) is 22.0 Å². The van der Waals surface area contributed by atoms with Crippen molar-refractivity contribution >= 4 is 31.2 Å². The topological polar surface area (TPSA) is 106 Å². The van der Waals surface area contributed by atoms with E-state index in [1.807, 2.05) is 0 Å². The number of nitrogen functional groups attached to an aromatic ring is 1. The van der Waals surface area contributed by atoms with Crippen LogP contribution in [0.2, 0.25) is 0 Å². The van der Waals surface area contributed by atoms with Gasteiger partial charge >= 0.3 is 0 Å². The van der Waals surface area contributed by atoms with E-state index in [2.05, 4.69) is 4.72 Å². The molecule has 1 aromatic carbocycles. The van der Waals surface area contributed by atoms with Crippen molar-refractivity contribution in [3.8, 4) is 0 Å². The normalized spacial score (nSPS) is 19.6. The Balaban J connectivity index is 2.20. The summed E-state index contributed by atoms with van der Waals surface area (Å²) in [5.41, 5.74) is 5.23. The number of para-hydroxylation sites is 1. The third-order valence-electron chi connectivity index (χ3n) is 3.23. The van der Waals surface area contributed by atoms with Gasteiger partial charge in [0.2, 0.25) is 10.0 Å². The minimum absolute atomic E-state index is 0.00598. The van der Waals surface area contributed by atoms with Crippen LogP contribution >= 0.6 is 0 Å². The van der Waals surface area contributed by atoms with Crippen molar-refractivity contribution < 1.29 is 21.2 Å².